The molecule has 1 aliphatic heterocycles. The lowest BCUT2D eigenvalue weighted by atomic mass is 10.00. The molecule has 0 unspecified atom stereocenters. The largest absolute Gasteiger partial charge is 0.416 e. The summed E-state index contributed by atoms with van der Waals surface area (Å²) in [6.07, 6.45) is -2.86. The van der Waals surface area contributed by atoms with E-state index < -0.39 is 17.8 Å². The highest BCUT2D eigenvalue weighted by Crippen LogP contribution is 2.32. The summed E-state index contributed by atoms with van der Waals surface area (Å²) in [5.41, 5.74) is 1.88. The van der Waals surface area contributed by atoms with Gasteiger partial charge < -0.3 is 15.5 Å². The van der Waals surface area contributed by atoms with Crippen LogP contribution >= 0.6 is 0 Å². The number of hydrogen-bond donors (Lipinski definition) is 2. The number of alkyl halides is 3. The van der Waals surface area contributed by atoms with Crippen LogP contribution in [-0.2, 0) is 12.6 Å². The Morgan fingerprint density at radius 2 is 1.56 bits per heavy atom. The van der Waals surface area contributed by atoms with E-state index in [1.165, 1.54) is 12.1 Å². The SMILES string of the molecule is O=C(Nc1cccc(C(F)(F)F)c1)Nc1ccc2c(c1)N(C(=O)c1ccccc1)CCC2. The molecule has 1 aliphatic rings. The summed E-state index contributed by atoms with van der Waals surface area (Å²) in [7, 11) is 0. The number of nitrogens with zero attached hydrogens (tertiary/aromatic N) is 1. The van der Waals surface area contributed by atoms with E-state index in [-0.39, 0.29) is 11.6 Å². The maximum atomic E-state index is 13.0. The van der Waals surface area contributed by atoms with Crippen LogP contribution in [0.2, 0.25) is 0 Å². The van der Waals surface area contributed by atoms with Gasteiger partial charge in [0.25, 0.3) is 5.91 Å². The van der Waals surface area contributed by atoms with Crippen molar-refractivity contribution in [3.8, 4) is 0 Å². The topological polar surface area (TPSA) is 61.4 Å². The molecule has 0 spiro atoms. The van der Waals surface area contributed by atoms with Crippen LogP contribution in [0.5, 0.6) is 0 Å². The van der Waals surface area contributed by atoms with Crippen molar-refractivity contribution >= 4 is 29.0 Å². The molecule has 3 amide bonds. The van der Waals surface area contributed by atoms with Gasteiger partial charge in [-0.15, -0.1) is 0 Å². The Hall–Kier alpha value is -3.81. The number of anilines is 3. The zero-order valence-corrected chi connectivity index (χ0v) is 16.9. The Balaban J connectivity index is 1.51. The molecule has 32 heavy (non-hydrogen) atoms. The smallest absolute Gasteiger partial charge is 0.308 e. The maximum absolute atomic E-state index is 13.0. The Bertz CT molecular complexity index is 1150. The number of urea groups is 1. The molecule has 0 aromatic heterocycles. The van der Waals surface area contributed by atoms with Gasteiger partial charge in [0.15, 0.2) is 0 Å². The first-order valence-electron chi connectivity index (χ1n) is 10.1. The lowest BCUT2D eigenvalue weighted by molar-refractivity contribution is -0.137. The first-order valence-corrected chi connectivity index (χ1v) is 10.1. The molecular weight excluding hydrogens is 419 g/mol. The zero-order valence-electron chi connectivity index (χ0n) is 16.9. The Morgan fingerprint density at radius 3 is 2.28 bits per heavy atom. The second kappa shape index (κ2) is 8.74. The molecule has 3 aromatic rings. The summed E-state index contributed by atoms with van der Waals surface area (Å²) in [6.45, 7) is 0.556. The third kappa shape index (κ3) is 4.74. The van der Waals surface area contributed by atoms with Crippen molar-refractivity contribution in [2.24, 2.45) is 0 Å². The average Bonchev–Trinajstić information content (AvgIpc) is 2.78. The van der Waals surface area contributed by atoms with Gasteiger partial charge in [0.05, 0.1) is 5.56 Å². The summed E-state index contributed by atoms with van der Waals surface area (Å²) >= 11 is 0. The van der Waals surface area contributed by atoms with E-state index in [1.807, 2.05) is 12.1 Å². The van der Waals surface area contributed by atoms with E-state index in [1.54, 1.807) is 41.3 Å². The highest BCUT2D eigenvalue weighted by Gasteiger charge is 2.30. The molecule has 0 aliphatic carbocycles. The number of amides is 3. The van der Waals surface area contributed by atoms with Crippen molar-refractivity contribution < 1.29 is 22.8 Å². The van der Waals surface area contributed by atoms with Gasteiger partial charge in [-0.2, -0.15) is 13.2 Å². The molecule has 1 heterocycles. The van der Waals surface area contributed by atoms with Gasteiger partial charge in [-0.1, -0.05) is 30.3 Å². The monoisotopic (exact) mass is 439 g/mol. The molecule has 0 bridgehead atoms. The van der Waals surface area contributed by atoms with Crippen LogP contribution in [0.1, 0.15) is 27.9 Å². The van der Waals surface area contributed by atoms with E-state index in [0.717, 1.165) is 30.5 Å². The number of carbonyl (C=O) groups excluding carboxylic acids is 2. The molecule has 164 valence electrons. The highest BCUT2D eigenvalue weighted by atomic mass is 19.4. The van der Waals surface area contributed by atoms with E-state index in [0.29, 0.717) is 23.5 Å². The first-order chi connectivity index (χ1) is 15.3. The fraction of sp³-hybridized carbons (Fsp3) is 0.167. The molecule has 8 heteroatoms. The summed E-state index contributed by atoms with van der Waals surface area (Å²) < 4.78 is 38.6. The van der Waals surface area contributed by atoms with E-state index in [4.69, 9.17) is 0 Å². The van der Waals surface area contributed by atoms with Crippen LogP contribution in [0.3, 0.4) is 0 Å². The second-order valence-electron chi connectivity index (χ2n) is 7.43. The van der Waals surface area contributed by atoms with Crippen LogP contribution in [0.25, 0.3) is 0 Å². The predicted molar refractivity (Wildman–Crippen MR) is 117 cm³/mol. The molecule has 0 radical (unpaired) electrons. The number of aryl methyl sites for hydroxylation is 1. The van der Waals surface area contributed by atoms with Gasteiger partial charge in [0, 0.05) is 29.2 Å². The van der Waals surface area contributed by atoms with Crippen molar-refractivity contribution in [3.05, 3.63) is 89.5 Å². The molecule has 3 aromatic carbocycles. The Labute approximate surface area is 182 Å². The van der Waals surface area contributed by atoms with E-state index >= 15 is 0 Å². The van der Waals surface area contributed by atoms with Crippen molar-refractivity contribution in [1.82, 2.24) is 0 Å². The lowest BCUT2D eigenvalue weighted by Gasteiger charge is -2.30. The normalized spacial score (nSPS) is 13.3. The number of halogens is 3. The molecule has 0 saturated carbocycles. The van der Waals surface area contributed by atoms with Crippen molar-refractivity contribution in [3.63, 3.8) is 0 Å². The summed E-state index contributed by atoms with van der Waals surface area (Å²) in [5, 5.41) is 5.04. The molecule has 2 N–H and O–H groups in total. The van der Waals surface area contributed by atoms with Crippen LogP contribution in [0, 0.1) is 0 Å². The third-order valence-electron chi connectivity index (χ3n) is 5.18. The number of rotatable bonds is 3. The zero-order chi connectivity index (χ0) is 22.7. The molecule has 0 saturated heterocycles. The van der Waals surface area contributed by atoms with Gasteiger partial charge in [0.1, 0.15) is 0 Å². The summed E-state index contributed by atoms with van der Waals surface area (Å²) in [6, 6.07) is 17.9. The molecule has 5 nitrogen and oxygen atoms in total. The number of nitrogens with one attached hydrogen (secondary N) is 2. The number of fused-ring (bicyclic) bond motifs is 1. The van der Waals surface area contributed by atoms with Crippen molar-refractivity contribution in [2.75, 3.05) is 22.1 Å². The van der Waals surface area contributed by atoms with Gasteiger partial charge >= 0.3 is 12.2 Å². The quantitative estimate of drug-likeness (QED) is 0.530. The van der Waals surface area contributed by atoms with Gasteiger partial charge in [-0.05, 0) is 60.9 Å². The second-order valence-corrected chi connectivity index (χ2v) is 7.43. The first kappa shape index (κ1) is 21.4. The summed E-state index contributed by atoms with van der Waals surface area (Å²) in [4.78, 5) is 27.0. The van der Waals surface area contributed by atoms with Crippen LogP contribution in [0.15, 0.2) is 72.8 Å². The molecule has 0 fully saturated rings. The van der Waals surface area contributed by atoms with Gasteiger partial charge in [0.2, 0.25) is 0 Å². The lowest BCUT2D eigenvalue weighted by Crippen LogP contribution is -2.35. The summed E-state index contributed by atoms with van der Waals surface area (Å²) in [5.74, 6) is -0.128. The van der Waals surface area contributed by atoms with Crippen LogP contribution < -0.4 is 15.5 Å². The third-order valence-corrected chi connectivity index (χ3v) is 5.18. The van der Waals surface area contributed by atoms with Crippen LogP contribution in [-0.4, -0.2) is 18.5 Å². The standard InChI is InChI=1S/C24H20F3N3O2/c25-24(26,27)18-9-4-10-19(14-18)28-23(32)29-20-12-11-16-8-5-13-30(21(16)15-20)22(31)17-6-2-1-3-7-17/h1-4,6-7,9-12,14-15H,5,8,13H2,(H2,28,29,32). The number of benzene rings is 3. The fourth-order valence-electron chi connectivity index (χ4n) is 3.67. The van der Waals surface area contributed by atoms with E-state index in [2.05, 4.69) is 10.6 Å². The average molecular weight is 439 g/mol. The minimum Gasteiger partial charge on any atom is -0.308 e. The van der Waals surface area contributed by atoms with Crippen molar-refractivity contribution in [2.45, 2.75) is 19.0 Å². The minimum absolute atomic E-state index is 0.0242. The van der Waals surface area contributed by atoms with Gasteiger partial charge in [-0.25, -0.2) is 4.79 Å². The Morgan fingerprint density at radius 1 is 0.844 bits per heavy atom. The molecule has 4 rings (SSSR count). The molecular formula is C24H20F3N3O2. The highest BCUT2D eigenvalue weighted by molar-refractivity contribution is 6.07. The van der Waals surface area contributed by atoms with Gasteiger partial charge in [-0.3, -0.25) is 4.79 Å². The van der Waals surface area contributed by atoms with Crippen LogP contribution in [0.4, 0.5) is 35.0 Å². The van der Waals surface area contributed by atoms with Crippen molar-refractivity contribution in [1.29, 1.82) is 0 Å². The van der Waals surface area contributed by atoms with E-state index in [9.17, 15) is 22.8 Å². The fourth-order valence-corrected chi connectivity index (χ4v) is 3.67. The Kier molecular flexibility index (Phi) is 5.85. The maximum Gasteiger partial charge on any atom is 0.416 e. The number of hydrogen-bond acceptors (Lipinski definition) is 2. The molecule has 0 atom stereocenters. The predicted octanol–water partition coefficient (Wildman–Crippen LogP) is 5.94. The minimum atomic E-state index is -4.50. The number of carbonyl (C=O) groups is 2.